The second kappa shape index (κ2) is 11.2. The monoisotopic (exact) mass is 369 g/mol. The van der Waals surface area contributed by atoms with Crippen LogP contribution in [0, 0.1) is 5.92 Å². The molecule has 2 rings (SSSR count). The molecule has 150 valence electrons. The maximum atomic E-state index is 11.8. The Hall–Kier alpha value is -1.54. The maximum absolute atomic E-state index is 11.8. The molecule has 1 N–H and O–H groups in total. The Balaban J connectivity index is 1.81. The van der Waals surface area contributed by atoms with Gasteiger partial charge in [-0.1, -0.05) is 6.92 Å². The summed E-state index contributed by atoms with van der Waals surface area (Å²) in [5.74, 6) is 1.45. The van der Waals surface area contributed by atoms with E-state index >= 15 is 0 Å². The van der Waals surface area contributed by atoms with Gasteiger partial charge < -0.3 is 24.6 Å². The molecule has 1 unspecified atom stereocenters. The summed E-state index contributed by atoms with van der Waals surface area (Å²) >= 11 is 0. The molecule has 0 aromatic heterocycles. The van der Waals surface area contributed by atoms with Crippen molar-refractivity contribution in [3.63, 3.8) is 0 Å². The fraction of sp³-hybridized carbons (Fsp3) is 0.889. The minimum Gasteiger partial charge on any atom is -0.450 e. The fourth-order valence-electron chi connectivity index (χ4n) is 3.27. The Kier molecular flexibility index (Phi) is 8.97. The molecule has 2 fully saturated rings. The summed E-state index contributed by atoms with van der Waals surface area (Å²) in [6, 6.07) is 0. The summed E-state index contributed by atoms with van der Waals surface area (Å²) in [5, 5.41) is 3.39. The van der Waals surface area contributed by atoms with Gasteiger partial charge in [0, 0.05) is 58.9 Å². The van der Waals surface area contributed by atoms with Crippen molar-refractivity contribution in [2.75, 3.05) is 78.7 Å². The smallest absolute Gasteiger partial charge is 0.409 e. The van der Waals surface area contributed by atoms with E-state index in [9.17, 15) is 4.79 Å². The number of guanidine groups is 1. The number of nitrogens with zero attached hydrogens (tertiary/aromatic N) is 4. The van der Waals surface area contributed by atoms with E-state index in [0.717, 1.165) is 65.0 Å². The molecule has 2 aliphatic rings. The van der Waals surface area contributed by atoms with Crippen LogP contribution >= 0.6 is 0 Å². The molecule has 2 saturated heterocycles. The highest BCUT2D eigenvalue weighted by Gasteiger charge is 2.24. The number of carbonyl (C=O) groups excluding carboxylic acids is 1. The number of aliphatic imine (C=N–C) groups is 1. The van der Waals surface area contributed by atoms with Crippen LogP contribution in [0.2, 0.25) is 0 Å². The van der Waals surface area contributed by atoms with Crippen LogP contribution in [-0.2, 0) is 9.47 Å². The zero-order valence-corrected chi connectivity index (χ0v) is 16.6. The fourth-order valence-corrected chi connectivity index (χ4v) is 3.27. The highest BCUT2D eigenvalue weighted by molar-refractivity contribution is 5.80. The van der Waals surface area contributed by atoms with E-state index in [-0.39, 0.29) is 6.09 Å². The Morgan fingerprint density at radius 3 is 2.38 bits per heavy atom. The third-order valence-electron chi connectivity index (χ3n) is 4.67. The minimum absolute atomic E-state index is 0.215. The Morgan fingerprint density at radius 1 is 1.12 bits per heavy atom. The topological polar surface area (TPSA) is 69.6 Å². The first-order valence-corrected chi connectivity index (χ1v) is 9.89. The molecule has 0 aromatic rings. The van der Waals surface area contributed by atoms with Crippen molar-refractivity contribution in [3.8, 4) is 0 Å². The quantitative estimate of drug-likeness (QED) is 0.549. The molecule has 0 aliphatic carbocycles. The van der Waals surface area contributed by atoms with Gasteiger partial charge in [0.1, 0.15) is 0 Å². The zero-order chi connectivity index (χ0) is 18.8. The molecule has 2 aliphatic heterocycles. The molecule has 0 spiro atoms. The van der Waals surface area contributed by atoms with Crippen molar-refractivity contribution < 1.29 is 14.3 Å². The zero-order valence-electron chi connectivity index (χ0n) is 16.6. The highest BCUT2D eigenvalue weighted by atomic mass is 16.6. The normalized spacial score (nSPS) is 20.8. The molecule has 1 amide bonds. The molecule has 0 aromatic carbocycles. The molecule has 8 heteroatoms. The van der Waals surface area contributed by atoms with Crippen LogP contribution in [0.25, 0.3) is 0 Å². The van der Waals surface area contributed by atoms with Gasteiger partial charge in [-0.2, -0.15) is 0 Å². The second-order valence-electron chi connectivity index (χ2n) is 6.89. The van der Waals surface area contributed by atoms with E-state index in [0.29, 0.717) is 25.6 Å². The predicted octanol–water partition coefficient (Wildman–Crippen LogP) is 0.694. The second-order valence-corrected chi connectivity index (χ2v) is 6.89. The summed E-state index contributed by atoms with van der Waals surface area (Å²) in [6.45, 7) is 15.9. The van der Waals surface area contributed by atoms with Crippen molar-refractivity contribution in [2.45, 2.75) is 20.8 Å². The van der Waals surface area contributed by atoms with E-state index < -0.39 is 0 Å². The SMILES string of the molecule is CCNC(=NCC(C)CN1CCOCC1)N1CCN(C(=O)OCC)CC1. The number of hydrogen-bond donors (Lipinski definition) is 1. The molecule has 1 atom stereocenters. The predicted molar refractivity (Wildman–Crippen MR) is 103 cm³/mol. The van der Waals surface area contributed by atoms with Gasteiger partial charge in [-0.05, 0) is 19.8 Å². The summed E-state index contributed by atoms with van der Waals surface area (Å²) < 4.78 is 10.5. The van der Waals surface area contributed by atoms with Gasteiger partial charge in [0.15, 0.2) is 5.96 Å². The number of rotatable bonds is 6. The molecule has 0 radical (unpaired) electrons. The highest BCUT2D eigenvalue weighted by Crippen LogP contribution is 2.07. The van der Waals surface area contributed by atoms with Crippen LogP contribution in [0.4, 0.5) is 4.79 Å². The van der Waals surface area contributed by atoms with Crippen molar-refractivity contribution in [3.05, 3.63) is 0 Å². The molecule has 2 heterocycles. The molecule has 8 nitrogen and oxygen atoms in total. The van der Waals surface area contributed by atoms with Crippen molar-refractivity contribution in [1.29, 1.82) is 0 Å². The lowest BCUT2D eigenvalue weighted by Gasteiger charge is -2.36. The van der Waals surface area contributed by atoms with E-state index in [1.165, 1.54) is 0 Å². The lowest BCUT2D eigenvalue weighted by Crippen LogP contribution is -2.54. The number of ether oxygens (including phenoxy) is 2. The van der Waals surface area contributed by atoms with Crippen LogP contribution in [0.5, 0.6) is 0 Å². The van der Waals surface area contributed by atoms with E-state index in [4.69, 9.17) is 14.5 Å². The maximum Gasteiger partial charge on any atom is 0.409 e. The number of carbonyl (C=O) groups is 1. The van der Waals surface area contributed by atoms with Gasteiger partial charge in [0.25, 0.3) is 0 Å². The van der Waals surface area contributed by atoms with Gasteiger partial charge in [0.05, 0.1) is 19.8 Å². The van der Waals surface area contributed by atoms with Crippen molar-refractivity contribution in [1.82, 2.24) is 20.0 Å². The van der Waals surface area contributed by atoms with Gasteiger partial charge in [0.2, 0.25) is 0 Å². The summed E-state index contributed by atoms with van der Waals surface area (Å²) in [5.41, 5.74) is 0. The summed E-state index contributed by atoms with van der Waals surface area (Å²) in [6.07, 6.45) is -0.215. The molecule has 0 saturated carbocycles. The summed E-state index contributed by atoms with van der Waals surface area (Å²) in [7, 11) is 0. The number of amides is 1. The Morgan fingerprint density at radius 2 is 1.77 bits per heavy atom. The Bertz CT molecular complexity index is 446. The number of hydrogen-bond acceptors (Lipinski definition) is 5. The van der Waals surface area contributed by atoms with E-state index in [1.807, 2.05) is 6.92 Å². The standard InChI is InChI=1S/C18H35N5O3/c1-4-19-17(20-14-16(3)15-21-10-12-25-13-11-21)22-6-8-23(9-7-22)18(24)26-5-2/h16H,4-15H2,1-3H3,(H,19,20). The van der Waals surface area contributed by atoms with E-state index in [1.54, 1.807) is 4.90 Å². The third-order valence-corrected chi connectivity index (χ3v) is 4.67. The molecular formula is C18H35N5O3. The Labute approximate surface area is 157 Å². The lowest BCUT2D eigenvalue weighted by atomic mass is 10.1. The average Bonchev–Trinajstić information content (AvgIpc) is 2.66. The van der Waals surface area contributed by atoms with Gasteiger partial charge in [-0.3, -0.25) is 9.89 Å². The van der Waals surface area contributed by atoms with Crippen LogP contribution in [-0.4, -0.2) is 105 Å². The first-order chi connectivity index (χ1) is 12.6. The van der Waals surface area contributed by atoms with Crippen molar-refractivity contribution in [2.24, 2.45) is 10.9 Å². The number of piperazine rings is 1. The number of nitrogens with one attached hydrogen (secondary N) is 1. The first kappa shape index (κ1) is 20.8. The van der Waals surface area contributed by atoms with Gasteiger partial charge in [-0.25, -0.2) is 4.79 Å². The average molecular weight is 370 g/mol. The first-order valence-electron chi connectivity index (χ1n) is 9.89. The van der Waals surface area contributed by atoms with Crippen LogP contribution in [0.3, 0.4) is 0 Å². The summed E-state index contributed by atoms with van der Waals surface area (Å²) in [4.78, 5) is 23.1. The number of morpholine rings is 1. The third kappa shape index (κ3) is 6.64. The molecular weight excluding hydrogens is 334 g/mol. The van der Waals surface area contributed by atoms with Crippen LogP contribution in [0.15, 0.2) is 4.99 Å². The molecule has 26 heavy (non-hydrogen) atoms. The lowest BCUT2D eigenvalue weighted by molar-refractivity contribution is 0.0323. The van der Waals surface area contributed by atoms with Crippen LogP contribution < -0.4 is 5.32 Å². The molecule has 0 bridgehead atoms. The van der Waals surface area contributed by atoms with Gasteiger partial charge >= 0.3 is 6.09 Å². The van der Waals surface area contributed by atoms with Gasteiger partial charge in [-0.15, -0.1) is 0 Å². The minimum atomic E-state index is -0.215. The van der Waals surface area contributed by atoms with Crippen molar-refractivity contribution >= 4 is 12.1 Å². The largest absolute Gasteiger partial charge is 0.450 e. The van der Waals surface area contributed by atoms with E-state index in [2.05, 4.69) is 29.0 Å². The van der Waals surface area contributed by atoms with Crippen LogP contribution in [0.1, 0.15) is 20.8 Å².